The molecule has 0 amide bonds. The number of aromatic nitrogens is 2. The van der Waals surface area contributed by atoms with E-state index in [4.69, 9.17) is 0 Å². The lowest BCUT2D eigenvalue weighted by Crippen LogP contribution is -2.47. The molecule has 1 saturated heterocycles. The Morgan fingerprint density at radius 1 is 1.05 bits per heavy atom. The zero-order valence-electron chi connectivity index (χ0n) is 11.4. The van der Waals surface area contributed by atoms with Crippen LogP contribution in [0.15, 0.2) is 41.1 Å². The van der Waals surface area contributed by atoms with E-state index in [1.54, 1.807) is 12.4 Å². The van der Waals surface area contributed by atoms with Crippen molar-refractivity contribution in [1.29, 1.82) is 5.26 Å². The molecule has 5 nitrogen and oxygen atoms in total. The Labute approximate surface area is 132 Å². The molecule has 2 aromatic rings. The number of rotatable bonds is 2. The van der Waals surface area contributed by atoms with Crippen LogP contribution in [0.25, 0.3) is 0 Å². The second-order valence-electron chi connectivity index (χ2n) is 4.80. The second-order valence-corrected chi connectivity index (χ2v) is 5.71. The topological polar surface area (TPSA) is 56.1 Å². The molecule has 6 heteroatoms. The van der Waals surface area contributed by atoms with Gasteiger partial charge in [0.05, 0.1) is 11.3 Å². The van der Waals surface area contributed by atoms with Crippen LogP contribution in [0.3, 0.4) is 0 Å². The number of halogens is 1. The molecule has 1 aromatic carbocycles. The zero-order chi connectivity index (χ0) is 14.7. The molecular formula is C15H14BrN5. The zero-order valence-corrected chi connectivity index (χ0v) is 13.0. The first kappa shape index (κ1) is 13.8. The number of hydrogen-bond donors (Lipinski definition) is 0. The van der Waals surface area contributed by atoms with Crippen LogP contribution in [0, 0.1) is 11.3 Å². The lowest BCUT2D eigenvalue weighted by Gasteiger charge is -2.36. The fraction of sp³-hybridized carbons (Fsp3) is 0.267. The molecule has 2 heterocycles. The number of benzene rings is 1. The molecule has 0 radical (unpaired) electrons. The van der Waals surface area contributed by atoms with Gasteiger partial charge in [-0.2, -0.15) is 5.26 Å². The average molecular weight is 344 g/mol. The summed E-state index contributed by atoms with van der Waals surface area (Å²) in [5.74, 6) is 0.770. The molecule has 1 aliphatic rings. The average Bonchev–Trinajstić information content (AvgIpc) is 2.56. The minimum atomic E-state index is 0.711. The van der Waals surface area contributed by atoms with Crippen LogP contribution in [-0.2, 0) is 0 Å². The van der Waals surface area contributed by atoms with E-state index in [-0.39, 0.29) is 0 Å². The summed E-state index contributed by atoms with van der Waals surface area (Å²) < 4.78 is 0.991. The van der Waals surface area contributed by atoms with Crippen molar-refractivity contribution in [3.05, 3.63) is 46.7 Å². The fourth-order valence-electron chi connectivity index (χ4n) is 2.46. The summed E-state index contributed by atoms with van der Waals surface area (Å²) in [6, 6.07) is 9.84. The van der Waals surface area contributed by atoms with Gasteiger partial charge in [-0.05, 0) is 24.3 Å². The van der Waals surface area contributed by atoms with Crippen LogP contribution in [0.4, 0.5) is 11.6 Å². The highest BCUT2D eigenvalue weighted by molar-refractivity contribution is 9.10. The van der Waals surface area contributed by atoms with Gasteiger partial charge in [-0.1, -0.05) is 15.9 Å². The summed E-state index contributed by atoms with van der Waals surface area (Å²) in [6.07, 6.45) is 3.52. The van der Waals surface area contributed by atoms with Crippen molar-refractivity contribution in [2.45, 2.75) is 0 Å². The molecular weight excluding hydrogens is 330 g/mol. The van der Waals surface area contributed by atoms with Crippen LogP contribution < -0.4 is 9.80 Å². The van der Waals surface area contributed by atoms with Crippen molar-refractivity contribution in [3.63, 3.8) is 0 Å². The van der Waals surface area contributed by atoms with Gasteiger partial charge < -0.3 is 9.80 Å². The fourth-order valence-corrected chi connectivity index (χ4v) is 2.81. The quantitative estimate of drug-likeness (QED) is 0.838. The Hall–Kier alpha value is -2.13. The Morgan fingerprint density at radius 2 is 1.71 bits per heavy atom. The Balaban J connectivity index is 1.75. The second kappa shape index (κ2) is 6.10. The SMILES string of the molecule is N#Cc1ccc(Br)cc1N1CCN(c2ncccn2)CC1. The third-order valence-electron chi connectivity index (χ3n) is 3.54. The normalized spacial score (nSPS) is 14.9. The molecule has 0 unspecified atom stereocenters. The van der Waals surface area contributed by atoms with Gasteiger partial charge in [0.2, 0.25) is 5.95 Å². The molecule has 106 valence electrons. The maximum absolute atomic E-state index is 9.25. The van der Waals surface area contributed by atoms with Crippen molar-refractivity contribution in [2.75, 3.05) is 36.0 Å². The van der Waals surface area contributed by atoms with Crippen molar-refractivity contribution in [1.82, 2.24) is 9.97 Å². The minimum Gasteiger partial charge on any atom is -0.367 e. The standard InChI is InChI=1S/C15H14BrN5/c16-13-3-2-12(11-17)14(10-13)20-6-8-21(9-7-20)15-18-4-1-5-19-15/h1-5,10H,6-9H2. The first-order valence-corrected chi connectivity index (χ1v) is 7.54. The molecule has 3 rings (SSSR count). The highest BCUT2D eigenvalue weighted by Crippen LogP contribution is 2.26. The van der Waals surface area contributed by atoms with Crippen molar-refractivity contribution in [3.8, 4) is 6.07 Å². The van der Waals surface area contributed by atoms with E-state index in [0.29, 0.717) is 5.56 Å². The van der Waals surface area contributed by atoms with Crippen molar-refractivity contribution in [2.24, 2.45) is 0 Å². The summed E-state index contributed by atoms with van der Waals surface area (Å²) >= 11 is 3.47. The number of piperazine rings is 1. The summed E-state index contributed by atoms with van der Waals surface area (Å²) in [7, 11) is 0. The summed E-state index contributed by atoms with van der Waals surface area (Å²) in [5.41, 5.74) is 1.70. The van der Waals surface area contributed by atoms with Crippen LogP contribution in [0.2, 0.25) is 0 Å². The highest BCUT2D eigenvalue weighted by atomic mass is 79.9. The Morgan fingerprint density at radius 3 is 2.38 bits per heavy atom. The molecule has 21 heavy (non-hydrogen) atoms. The molecule has 0 saturated carbocycles. The van der Waals surface area contributed by atoms with E-state index >= 15 is 0 Å². The summed E-state index contributed by atoms with van der Waals surface area (Å²) in [5, 5.41) is 9.25. The Bertz CT molecular complexity index is 660. The molecule has 0 aliphatic carbocycles. The largest absolute Gasteiger partial charge is 0.367 e. The third-order valence-corrected chi connectivity index (χ3v) is 4.03. The van der Waals surface area contributed by atoms with E-state index in [0.717, 1.165) is 42.3 Å². The van der Waals surface area contributed by atoms with Crippen LogP contribution in [-0.4, -0.2) is 36.1 Å². The van der Waals surface area contributed by atoms with E-state index in [1.807, 2.05) is 24.3 Å². The molecule has 1 fully saturated rings. The van der Waals surface area contributed by atoms with Gasteiger partial charge in [-0.3, -0.25) is 0 Å². The third kappa shape index (κ3) is 2.98. The molecule has 1 aliphatic heterocycles. The summed E-state index contributed by atoms with van der Waals surface area (Å²) in [4.78, 5) is 13.0. The van der Waals surface area contributed by atoms with E-state index in [2.05, 4.69) is 41.8 Å². The molecule has 1 aromatic heterocycles. The monoisotopic (exact) mass is 343 g/mol. The molecule has 0 N–H and O–H groups in total. The van der Waals surface area contributed by atoms with Gasteiger partial charge >= 0.3 is 0 Å². The van der Waals surface area contributed by atoms with Crippen molar-refractivity contribution < 1.29 is 0 Å². The van der Waals surface area contributed by atoms with Gasteiger partial charge in [0, 0.05) is 43.0 Å². The van der Waals surface area contributed by atoms with Gasteiger partial charge in [-0.25, -0.2) is 9.97 Å². The van der Waals surface area contributed by atoms with Gasteiger partial charge in [0.1, 0.15) is 6.07 Å². The number of anilines is 2. The van der Waals surface area contributed by atoms with Gasteiger partial charge in [-0.15, -0.1) is 0 Å². The van der Waals surface area contributed by atoms with Crippen LogP contribution in [0.5, 0.6) is 0 Å². The molecule has 0 atom stereocenters. The van der Waals surface area contributed by atoms with Gasteiger partial charge in [0.25, 0.3) is 0 Å². The van der Waals surface area contributed by atoms with Crippen LogP contribution >= 0.6 is 15.9 Å². The first-order chi connectivity index (χ1) is 10.3. The van der Waals surface area contributed by atoms with Crippen molar-refractivity contribution >= 4 is 27.6 Å². The van der Waals surface area contributed by atoms with E-state index in [9.17, 15) is 5.26 Å². The van der Waals surface area contributed by atoms with E-state index < -0.39 is 0 Å². The minimum absolute atomic E-state index is 0.711. The molecule has 0 bridgehead atoms. The smallest absolute Gasteiger partial charge is 0.225 e. The van der Waals surface area contributed by atoms with E-state index in [1.165, 1.54) is 0 Å². The van der Waals surface area contributed by atoms with Gasteiger partial charge in [0.15, 0.2) is 0 Å². The van der Waals surface area contributed by atoms with Crippen LogP contribution in [0.1, 0.15) is 5.56 Å². The lowest BCUT2D eigenvalue weighted by atomic mass is 10.1. The lowest BCUT2D eigenvalue weighted by molar-refractivity contribution is 0.639. The predicted molar refractivity (Wildman–Crippen MR) is 85.3 cm³/mol. The number of hydrogen-bond acceptors (Lipinski definition) is 5. The number of nitrogens with zero attached hydrogens (tertiary/aromatic N) is 5. The summed E-state index contributed by atoms with van der Waals surface area (Å²) in [6.45, 7) is 3.40. The Kier molecular flexibility index (Phi) is 4.02. The number of nitriles is 1. The predicted octanol–water partition coefficient (Wildman–Crippen LogP) is 2.44. The maximum Gasteiger partial charge on any atom is 0.225 e. The molecule has 0 spiro atoms. The highest BCUT2D eigenvalue weighted by Gasteiger charge is 2.20. The first-order valence-electron chi connectivity index (χ1n) is 6.74. The maximum atomic E-state index is 9.25.